The van der Waals surface area contributed by atoms with Crippen molar-refractivity contribution in [1.29, 1.82) is 0 Å². The number of fused-ring (bicyclic) bond motifs is 2. The third-order valence-corrected chi connectivity index (χ3v) is 12.0. The summed E-state index contributed by atoms with van der Waals surface area (Å²) in [5.41, 5.74) is 2.95. The average molecular weight is 803 g/mol. The lowest BCUT2D eigenvalue weighted by Crippen LogP contribution is -2.50. The molecule has 3 aromatic carbocycles. The Bertz CT molecular complexity index is 1950. The molecular formula is C41H44BrN3O9. The van der Waals surface area contributed by atoms with Gasteiger partial charge in [-0.05, 0) is 61.2 Å². The molecule has 3 aliphatic heterocycles. The number of imide groups is 1. The monoisotopic (exact) mass is 801 g/mol. The quantitative estimate of drug-likeness (QED) is 0.186. The van der Waals surface area contributed by atoms with Crippen LogP contribution >= 0.6 is 15.9 Å². The van der Waals surface area contributed by atoms with E-state index < -0.39 is 35.7 Å². The van der Waals surface area contributed by atoms with Crippen LogP contribution in [0, 0.1) is 11.8 Å². The summed E-state index contributed by atoms with van der Waals surface area (Å²) in [5, 5.41) is 0. The van der Waals surface area contributed by atoms with Crippen LogP contribution in [0.25, 0.3) is 0 Å². The van der Waals surface area contributed by atoms with Gasteiger partial charge in [-0.3, -0.25) is 28.9 Å². The molecule has 54 heavy (non-hydrogen) atoms. The van der Waals surface area contributed by atoms with Crippen molar-refractivity contribution < 1.29 is 42.9 Å². The van der Waals surface area contributed by atoms with Crippen LogP contribution in [0.3, 0.4) is 0 Å². The average Bonchev–Trinajstić information content (AvgIpc) is 3.76. The Labute approximate surface area is 322 Å². The summed E-state index contributed by atoms with van der Waals surface area (Å²) in [6.07, 6.45) is 3.40. The normalized spacial score (nSPS) is 22.1. The Kier molecular flexibility index (Phi) is 11.0. The topological polar surface area (TPSA) is 132 Å². The molecule has 3 aromatic rings. The van der Waals surface area contributed by atoms with Crippen molar-refractivity contribution in [2.45, 2.75) is 64.2 Å². The maximum atomic E-state index is 14.9. The summed E-state index contributed by atoms with van der Waals surface area (Å²) < 4.78 is 24.1. The molecule has 1 aliphatic carbocycles. The van der Waals surface area contributed by atoms with Crippen molar-refractivity contribution in [3.05, 3.63) is 86.9 Å². The lowest BCUT2D eigenvalue weighted by atomic mass is 9.77. The highest BCUT2D eigenvalue weighted by atomic mass is 79.9. The van der Waals surface area contributed by atoms with Crippen LogP contribution in [0.4, 0.5) is 0 Å². The van der Waals surface area contributed by atoms with Gasteiger partial charge >= 0.3 is 5.97 Å². The second-order valence-corrected chi connectivity index (χ2v) is 15.1. The summed E-state index contributed by atoms with van der Waals surface area (Å²) >= 11 is 3.73. The second-order valence-electron chi connectivity index (χ2n) is 14.3. The van der Waals surface area contributed by atoms with Gasteiger partial charge in [0, 0.05) is 48.1 Å². The fourth-order valence-corrected chi connectivity index (χ4v) is 8.90. The lowest BCUT2D eigenvalue weighted by Gasteiger charge is -2.43. The molecule has 0 unspecified atom stereocenters. The van der Waals surface area contributed by atoms with E-state index >= 15 is 0 Å². The lowest BCUT2D eigenvalue weighted by molar-refractivity contribution is -0.159. The third-order valence-electron chi connectivity index (χ3n) is 11.2. The Morgan fingerprint density at radius 1 is 0.852 bits per heavy atom. The van der Waals surface area contributed by atoms with E-state index in [9.17, 15) is 24.0 Å². The molecule has 0 radical (unpaired) electrons. The van der Waals surface area contributed by atoms with Crippen LogP contribution in [0.5, 0.6) is 17.2 Å². The van der Waals surface area contributed by atoms with Gasteiger partial charge in [0.1, 0.15) is 30.0 Å². The number of rotatable bonds is 10. The van der Waals surface area contributed by atoms with Crippen molar-refractivity contribution in [2.75, 3.05) is 40.4 Å². The van der Waals surface area contributed by atoms with Crippen molar-refractivity contribution >= 4 is 45.5 Å². The van der Waals surface area contributed by atoms with Crippen LogP contribution in [-0.4, -0.2) is 90.8 Å². The van der Waals surface area contributed by atoms with Crippen molar-refractivity contribution in [2.24, 2.45) is 11.8 Å². The number of likely N-dealkylation sites (tertiary alicyclic amines) is 1. The Morgan fingerprint density at radius 3 is 2.24 bits per heavy atom. The van der Waals surface area contributed by atoms with Crippen LogP contribution in [0.2, 0.25) is 0 Å². The first-order valence-electron chi connectivity index (χ1n) is 18.5. The van der Waals surface area contributed by atoms with E-state index in [1.807, 2.05) is 12.1 Å². The second kappa shape index (κ2) is 15.8. The molecule has 1 saturated heterocycles. The third kappa shape index (κ3) is 7.17. The summed E-state index contributed by atoms with van der Waals surface area (Å²) in [6, 6.07) is 15.0. The van der Waals surface area contributed by atoms with Gasteiger partial charge in [-0.15, -0.1) is 0 Å². The van der Waals surface area contributed by atoms with E-state index in [4.69, 9.17) is 18.9 Å². The molecule has 7 rings (SSSR count). The molecule has 1 saturated carbocycles. The SMILES string of the molecule is COc1ccc(COC(=O)[C@H]2CCCC[C@H]2C(=O)N2CCc3c(Br)ccc(O[C@H]4CCN(C(C)=O)C4)c3[C@H]2CN2C(=O)c3ccccc3C2=O)c(OC)c1. The van der Waals surface area contributed by atoms with Gasteiger partial charge in [-0.2, -0.15) is 0 Å². The van der Waals surface area contributed by atoms with Crippen LogP contribution < -0.4 is 14.2 Å². The zero-order valence-corrected chi connectivity index (χ0v) is 32.3. The van der Waals surface area contributed by atoms with Gasteiger partial charge < -0.3 is 28.7 Å². The number of carbonyl (C=O) groups excluding carboxylic acids is 5. The molecule has 3 heterocycles. The smallest absolute Gasteiger partial charge is 0.310 e. The van der Waals surface area contributed by atoms with E-state index in [2.05, 4.69) is 15.9 Å². The predicted octanol–water partition coefficient (Wildman–Crippen LogP) is 5.74. The number of halogens is 1. The first-order chi connectivity index (χ1) is 26.1. The number of hydrogen-bond donors (Lipinski definition) is 0. The number of amides is 4. The summed E-state index contributed by atoms with van der Waals surface area (Å²) in [4.78, 5) is 73.1. The highest BCUT2D eigenvalue weighted by Crippen LogP contribution is 2.44. The minimum absolute atomic E-state index is 0.0251. The number of benzene rings is 3. The zero-order valence-electron chi connectivity index (χ0n) is 30.7. The molecule has 284 valence electrons. The number of ether oxygens (including phenoxy) is 4. The zero-order chi connectivity index (χ0) is 38.1. The molecule has 0 spiro atoms. The first kappa shape index (κ1) is 37.4. The van der Waals surface area contributed by atoms with Gasteiger partial charge in [0.15, 0.2) is 0 Å². The largest absolute Gasteiger partial charge is 0.497 e. The summed E-state index contributed by atoms with van der Waals surface area (Å²) in [7, 11) is 3.10. The van der Waals surface area contributed by atoms with Crippen molar-refractivity contribution in [3.63, 3.8) is 0 Å². The van der Waals surface area contributed by atoms with Crippen molar-refractivity contribution in [3.8, 4) is 17.2 Å². The molecule has 13 heteroatoms. The summed E-state index contributed by atoms with van der Waals surface area (Å²) in [6.45, 7) is 2.73. The number of carbonyl (C=O) groups is 5. The molecule has 0 aromatic heterocycles. The van der Waals surface area contributed by atoms with Crippen molar-refractivity contribution in [1.82, 2.24) is 14.7 Å². The van der Waals surface area contributed by atoms with E-state index in [1.54, 1.807) is 59.4 Å². The van der Waals surface area contributed by atoms with Gasteiger partial charge in [0.25, 0.3) is 11.8 Å². The fourth-order valence-electron chi connectivity index (χ4n) is 8.35. The molecular weight excluding hydrogens is 758 g/mol. The first-order valence-corrected chi connectivity index (χ1v) is 19.3. The van der Waals surface area contributed by atoms with E-state index in [-0.39, 0.29) is 31.1 Å². The van der Waals surface area contributed by atoms with E-state index in [1.165, 1.54) is 18.9 Å². The Morgan fingerprint density at radius 2 is 1.57 bits per heavy atom. The molecule has 4 aliphatic rings. The molecule has 4 amide bonds. The van der Waals surface area contributed by atoms with Crippen LogP contribution in [-0.2, 0) is 32.1 Å². The van der Waals surface area contributed by atoms with Crippen LogP contribution in [0.1, 0.15) is 82.5 Å². The predicted molar refractivity (Wildman–Crippen MR) is 200 cm³/mol. The number of esters is 1. The number of methoxy groups -OCH3 is 2. The molecule has 0 N–H and O–H groups in total. The van der Waals surface area contributed by atoms with E-state index in [0.29, 0.717) is 84.8 Å². The fraction of sp³-hybridized carbons (Fsp3) is 0.439. The minimum Gasteiger partial charge on any atom is -0.497 e. The summed E-state index contributed by atoms with van der Waals surface area (Å²) in [5.74, 6) is -1.21. The molecule has 12 nitrogen and oxygen atoms in total. The molecule has 0 bridgehead atoms. The number of nitrogens with zero attached hydrogens (tertiary/aromatic N) is 3. The Hall–Kier alpha value is -4.91. The standard InChI is InChI=1S/C41H44BrN3O9/c1-24(46)43-18-16-27(21-43)54-35-15-14-33(42)32-17-19-44(34(37(32)35)22-45-39(48)28-8-4-5-9-29(28)40(45)49)38(47)30-10-6-7-11-31(30)41(50)53-23-25-12-13-26(51-2)20-36(25)52-3/h4-5,8-9,12-15,20,27,30-31,34H,6-7,10-11,16-19,21-23H2,1-3H3/t27-,30+,31-,34+/m0/s1. The van der Waals surface area contributed by atoms with Gasteiger partial charge in [0.2, 0.25) is 11.8 Å². The van der Waals surface area contributed by atoms with Gasteiger partial charge in [0.05, 0.1) is 56.3 Å². The molecule has 2 fully saturated rings. The Balaban J connectivity index is 1.20. The number of hydrogen-bond acceptors (Lipinski definition) is 9. The van der Waals surface area contributed by atoms with Gasteiger partial charge in [-0.25, -0.2) is 0 Å². The molecule has 4 atom stereocenters. The maximum Gasteiger partial charge on any atom is 0.310 e. The highest BCUT2D eigenvalue weighted by molar-refractivity contribution is 9.10. The van der Waals surface area contributed by atoms with Crippen LogP contribution in [0.15, 0.2) is 59.1 Å². The maximum absolute atomic E-state index is 14.9. The van der Waals surface area contributed by atoms with E-state index in [0.717, 1.165) is 22.9 Å². The minimum atomic E-state index is -0.761. The highest BCUT2D eigenvalue weighted by Gasteiger charge is 2.46. The van der Waals surface area contributed by atoms with Gasteiger partial charge in [-0.1, -0.05) is 40.9 Å².